The van der Waals surface area contributed by atoms with Crippen LogP contribution in [0.3, 0.4) is 0 Å². The molecule has 0 aromatic heterocycles. The molecular weight excluding hydrogens is 270 g/mol. The van der Waals surface area contributed by atoms with Crippen molar-refractivity contribution >= 4 is 22.3 Å². The van der Waals surface area contributed by atoms with E-state index in [0.29, 0.717) is 6.42 Å². The molecule has 0 radical (unpaired) electrons. The highest BCUT2D eigenvalue weighted by molar-refractivity contribution is 7.90. The predicted octanol–water partition coefficient (Wildman–Crippen LogP) is 3.55. The topological polar surface area (TPSA) is 46.5 Å². The fourth-order valence-electron chi connectivity index (χ4n) is 1.62. The first-order chi connectivity index (χ1) is 9.68. The van der Waals surface area contributed by atoms with Gasteiger partial charge in [0, 0.05) is 12.6 Å². The number of hydrogen-bond donors (Lipinski definition) is 0. The van der Waals surface area contributed by atoms with Gasteiger partial charge in [0.2, 0.25) is 0 Å². The molecule has 102 valence electrons. The molecule has 2 aromatic rings. The Morgan fingerprint density at radius 2 is 1.50 bits per heavy atom. The van der Waals surface area contributed by atoms with Gasteiger partial charge in [-0.05, 0) is 17.7 Å². The van der Waals surface area contributed by atoms with Gasteiger partial charge in [0.1, 0.15) is 0 Å². The molecule has 4 heteroatoms. The van der Waals surface area contributed by atoms with Crippen LogP contribution in [0, 0.1) is 0 Å². The van der Waals surface area contributed by atoms with Gasteiger partial charge in [-0.2, -0.15) is 12.8 Å². The lowest BCUT2D eigenvalue weighted by Crippen LogP contribution is -1.96. The molecule has 0 aliphatic carbocycles. The Hall–Kier alpha value is -2.20. The molecule has 0 atom stereocenters. The number of sulfonamides is 1. The zero-order chi connectivity index (χ0) is 14.3. The second kappa shape index (κ2) is 6.82. The van der Waals surface area contributed by atoms with Crippen molar-refractivity contribution in [3.8, 4) is 0 Å². The van der Waals surface area contributed by atoms with Gasteiger partial charge < -0.3 is 0 Å². The number of nitrogens with zero attached hydrogens (tertiary/aromatic N) is 1. The summed E-state index contributed by atoms with van der Waals surface area (Å²) in [5.74, 6) is 0. The van der Waals surface area contributed by atoms with Crippen LogP contribution in [-0.4, -0.2) is 14.6 Å². The molecule has 0 saturated heterocycles. The third-order valence-corrected chi connectivity index (χ3v) is 3.90. The lowest BCUT2D eigenvalue weighted by molar-refractivity contribution is 0.598. The van der Waals surface area contributed by atoms with Gasteiger partial charge in [-0.3, -0.25) is 0 Å². The average molecular weight is 285 g/mol. The van der Waals surface area contributed by atoms with Gasteiger partial charge in [-0.1, -0.05) is 60.7 Å². The van der Waals surface area contributed by atoms with Crippen LogP contribution in [0.25, 0.3) is 6.08 Å². The van der Waals surface area contributed by atoms with Gasteiger partial charge in [-0.25, -0.2) is 0 Å². The molecule has 0 fully saturated rings. The summed E-state index contributed by atoms with van der Waals surface area (Å²) < 4.78 is 27.3. The van der Waals surface area contributed by atoms with Crippen molar-refractivity contribution in [1.82, 2.24) is 0 Å². The third-order valence-electron chi connectivity index (χ3n) is 2.61. The maximum atomic E-state index is 11.8. The lowest BCUT2D eigenvalue weighted by Gasteiger charge is -1.96. The SMILES string of the molecule is O=S(=O)(/N=C/C/C=C/c1ccccc1)c1ccccc1. The molecule has 0 saturated carbocycles. The maximum Gasteiger partial charge on any atom is 0.281 e. The third kappa shape index (κ3) is 4.17. The van der Waals surface area contributed by atoms with Crippen LogP contribution >= 0.6 is 0 Å². The normalized spacial score (nSPS) is 12.2. The summed E-state index contributed by atoms with van der Waals surface area (Å²) in [5.41, 5.74) is 1.08. The highest BCUT2D eigenvalue weighted by atomic mass is 32.2. The molecule has 2 rings (SSSR count). The summed E-state index contributed by atoms with van der Waals surface area (Å²) in [6, 6.07) is 18.0. The van der Waals surface area contributed by atoms with Crippen LogP contribution in [0.1, 0.15) is 12.0 Å². The van der Waals surface area contributed by atoms with Gasteiger partial charge in [-0.15, -0.1) is 0 Å². The molecule has 0 spiro atoms. The summed E-state index contributed by atoms with van der Waals surface area (Å²) in [4.78, 5) is 0.211. The van der Waals surface area contributed by atoms with Crippen molar-refractivity contribution in [1.29, 1.82) is 0 Å². The van der Waals surface area contributed by atoms with Crippen molar-refractivity contribution in [2.45, 2.75) is 11.3 Å². The van der Waals surface area contributed by atoms with Gasteiger partial charge >= 0.3 is 0 Å². The Balaban J connectivity index is 1.96. The van der Waals surface area contributed by atoms with E-state index in [0.717, 1.165) is 5.56 Å². The summed E-state index contributed by atoms with van der Waals surface area (Å²) >= 11 is 0. The molecule has 0 aliphatic heterocycles. The van der Waals surface area contributed by atoms with Crippen LogP contribution in [0.15, 0.2) is 76.0 Å². The van der Waals surface area contributed by atoms with Crippen molar-refractivity contribution in [2.75, 3.05) is 0 Å². The number of benzene rings is 2. The summed E-state index contributed by atoms with van der Waals surface area (Å²) in [5, 5.41) is 0. The molecule has 0 heterocycles. The van der Waals surface area contributed by atoms with Crippen molar-refractivity contribution < 1.29 is 8.42 Å². The van der Waals surface area contributed by atoms with E-state index in [9.17, 15) is 8.42 Å². The summed E-state index contributed by atoms with van der Waals surface area (Å²) in [7, 11) is -3.57. The Labute approximate surface area is 119 Å². The van der Waals surface area contributed by atoms with Gasteiger partial charge in [0.25, 0.3) is 10.0 Å². The Morgan fingerprint density at radius 3 is 2.15 bits per heavy atom. The number of hydrogen-bond acceptors (Lipinski definition) is 2. The fraction of sp³-hybridized carbons (Fsp3) is 0.0625. The average Bonchev–Trinajstić information content (AvgIpc) is 2.49. The largest absolute Gasteiger partial charge is 0.281 e. The first-order valence-electron chi connectivity index (χ1n) is 6.24. The molecule has 3 nitrogen and oxygen atoms in total. The maximum absolute atomic E-state index is 11.8. The zero-order valence-corrected chi connectivity index (χ0v) is 11.7. The summed E-state index contributed by atoms with van der Waals surface area (Å²) in [6.07, 6.45) is 5.68. The fourth-order valence-corrected chi connectivity index (χ4v) is 2.53. The van der Waals surface area contributed by atoms with E-state index in [4.69, 9.17) is 0 Å². The summed E-state index contributed by atoms with van der Waals surface area (Å²) in [6.45, 7) is 0. The first kappa shape index (κ1) is 14.2. The van der Waals surface area contributed by atoms with E-state index in [1.165, 1.54) is 18.3 Å². The van der Waals surface area contributed by atoms with Gasteiger partial charge in [0.15, 0.2) is 0 Å². The quantitative estimate of drug-likeness (QED) is 0.789. The van der Waals surface area contributed by atoms with Crippen LogP contribution in [-0.2, 0) is 10.0 Å². The van der Waals surface area contributed by atoms with E-state index >= 15 is 0 Å². The predicted molar refractivity (Wildman–Crippen MR) is 82.2 cm³/mol. The minimum absolute atomic E-state index is 0.211. The second-order valence-electron chi connectivity index (χ2n) is 4.12. The van der Waals surface area contributed by atoms with E-state index in [1.54, 1.807) is 18.2 Å². The molecule has 20 heavy (non-hydrogen) atoms. The number of allylic oxidation sites excluding steroid dienone is 1. The second-order valence-corrected chi connectivity index (χ2v) is 5.76. The number of rotatable bonds is 5. The highest BCUT2D eigenvalue weighted by Crippen LogP contribution is 2.10. The minimum Gasteiger partial charge on any atom is -0.199 e. The molecule has 0 unspecified atom stereocenters. The van der Waals surface area contributed by atoms with Crippen LogP contribution in [0.2, 0.25) is 0 Å². The van der Waals surface area contributed by atoms with E-state index < -0.39 is 10.0 Å². The van der Waals surface area contributed by atoms with Gasteiger partial charge in [0.05, 0.1) is 4.90 Å². The van der Waals surface area contributed by atoms with E-state index in [1.807, 2.05) is 42.5 Å². The Morgan fingerprint density at radius 1 is 0.900 bits per heavy atom. The molecule has 0 bridgehead atoms. The monoisotopic (exact) mass is 285 g/mol. The minimum atomic E-state index is -3.57. The zero-order valence-electron chi connectivity index (χ0n) is 10.9. The van der Waals surface area contributed by atoms with Crippen molar-refractivity contribution in [2.24, 2.45) is 4.40 Å². The molecule has 0 N–H and O–H groups in total. The van der Waals surface area contributed by atoms with Crippen molar-refractivity contribution in [3.63, 3.8) is 0 Å². The van der Waals surface area contributed by atoms with Crippen LogP contribution in [0.4, 0.5) is 0 Å². The Kier molecular flexibility index (Phi) is 4.85. The standard InChI is InChI=1S/C16H15NO2S/c18-20(19,16-12-5-2-6-13-16)17-14-8-7-11-15-9-3-1-4-10-15/h1-7,9-14H,8H2/b11-7+,17-14+. The van der Waals surface area contributed by atoms with Crippen LogP contribution < -0.4 is 0 Å². The highest BCUT2D eigenvalue weighted by Gasteiger charge is 2.09. The smallest absolute Gasteiger partial charge is 0.199 e. The van der Waals surface area contributed by atoms with Crippen molar-refractivity contribution in [3.05, 3.63) is 72.3 Å². The Bertz CT molecular complexity index is 690. The first-order valence-corrected chi connectivity index (χ1v) is 7.68. The molecule has 2 aromatic carbocycles. The van der Waals surface area contributed by atoms with Crippen LogP contribution in [0.5, 0.6) is 0 Å². The lowest BCUT2D eigenvalue weighted by atomic mass is 10.2. The molecule has 0 amide bonds. The van der Waals surface area contributed by atoms with E-state index in [2.05, 4.69) is 4.40 Å². The molecular formula is C16H15NO2S. The van der Waals surface area contributed by atoms with E-state index in [-0.39, 0.29) is 4.90 Å². The molecule has 0 aliphatic rings.